The average molecular weight is 390 g/mol. The van der Waals surface area contributed by atoms with Gasteiger partial charge in [-0.05, 0) is 16.4 Å². The minimum Gasteiger partial charge on any atom is -0.481 e. The summed E-state index contributed by atoms with van der Waals surface area (Å²) in [6.45, 7) is 22.8. The van der Waals surface area contributed by atoms with Gasteiger partial charge in [0, 0.05) is 43.2 Å². The van der Waals surface area contributed by atoms with Crippen LogP contribution in [0.25, 0.3) is 0 Å². The van der Waals surface area contributed by atoms with Gasteiger partial charge in [-0.15, -0.1) is 0 Å². The Hall–Kier alpha value is -1.36. The molecule has 5 heteroatoms. The van der Waals surface area contributed by atoms with E-state index in [-0.39, 0.29) is 28.2 Å². The summed E-state index contributed by atoms with van der Waals surface area (Å²) in [6.07, 6.45) is 1.00. The Morgan fingerprint density at radius 3 is 1.96 bits per heavy atom. The van der Waals surface area contributed by atoms with E-state index in [4.69, 9.17) is 4.99 Å². The largest absolute Gasteiger partial charge is 0.481 e. The molecule has 3 rings (SSSR count). The number of aliphatic imine (C=N–C) groups is 1. The fourth-order valence-corrected chi connectivity index (χ4v) is 4.88. The Bertz CT molecular complexity index is 710. The van der Waals surface area contributed by atoms with Crippen LogP contribution in [0.2, 0.25) is 0 Å². The standard InChI is InChI=1S/C23H39N3O2/c1-21(2,3)17-16-10-15(25-11-14(12-25)19(27)28)13-26(16)20(23(7,8)9)24-18(17)22(4,5)6/h14-15,18H,10-13H2,1-9H3,(H,27,28). The smallest absolute Gasteiger partial charge is 0.309 e. The summed E-state index contributed by atoms with van der Waals surface area (Å²) in [5.74, 6) is 0.325. The molecule has 1 N–H and O–H groups in total. The van der Waals surface area contributed by atoms with E-state index in [2.05, 4.69) is 72.1 Å². The molecule has 3 aliphatic rings. The van der Waals surface area contributed by atoms with E-state index in [0.717, 1.165) is 13.0 Å². The number of likely N-dealkylation sites (tertiary alicyclic amines) is 1. The molecule has 0 aromatic rings. The fraction of sp³-hybridized carbons (Fsp3) is 0.826. The molecule has 0 aliphatic carbocycles. The van der Waals surface area contributed by atoms with Crippen molar-refractivity contribution in [1.82, 2.24) is 9.80 Å². The van der Waals surface area contributed by atoms with Crippen molar-refractivity contribution in [3.8, 4) is 0 Å². The Kier molecular flexibility index (Phi) is 5.02. The molecule has 2 atom stereocenters. The van der Waals surface area contributed by atoms with Crippen LogP contribution < -0.4 is 0 Å². The van der Waals surface area contributed by atoms with Crippen molar-refractivity contribution in [3.63, 3.8) is 0 Å². The third kappa shape index (κ3) is 3.74. The third-order valence-electron chi connectivity index (χ3n) is 6.31. The number of carboxylic acid groups (broad SMARTS) is 1. The van der Waals surface area contributed by atoms with Crippen LogP contribution in [0.3, 0.4) is 0 Å². The zero-order valence-corrected chi connectivity index (χ0v) is 19.3. The number of carbonyl (C=O) groups is 1. The fourth-order valence-electron chi connectivity index (χ4n) is 4.88. The lowest BCUT2D eigenvalue weighted by Gasteiger charge is -2.46. The number of fused-ring (bicyclic) bond motifs is 1. The van der Waals surface area contributed by atoms with Gasteiger partial charge in [0.05, 0.1) is 12.0 Å². The predicted molar refractivity (Wildman–Crippen MR) is 114 cm³/mol. The monoisotopic (exact) mass is 389 g/mol. The first kappa shape index (κ1) is 21.4. The van der Waals surface area contributed by atoms with E-state index >= 15 is 0 Å². The van der Waals surface area contributed by atoms with Gasteiger partial charge in [-0.3, -0.25) is 14.7 Å². The molecule has 0 spiro atoms. The summed E-state index contributed by atoms with van der Waals surface area (Å²) in [4.78, 5) is 21.4. The second kappa shape index (κ2) is 6.58. The van der Waals surface area contributed by atoms with Crippen LogP contribution in [-0.4, -0.2) is 58.4 Å². The molecule has 2 fully saturated rings. The molecule has 3 aliphatic heterocycles. The second-order valence-corrected chi connectivity index (χ2v) is 12.0. The van der Waals surface area contributed by atoms with Crippen molar-refractivity contribution >= 4 is 11.8 Å². The lowest BCUT2D eigenvalue weighted by molar-refractivity contribution is -0.148. The van der Waals surface area contributed by atoms with E-state index in [0.29, 0.717) is 19.1 Å². The Labute approximate surface area is 170 Å². The van der Waals surface area contributed by atoms with E-state index in [1.165, 1.54) is 17.1 Å². The maximum Gasteiger partial charge on any atom is 0.309 e. The van der Waals surface area contributed by atoms with E-state index in [1.54, 1.807) is 0 Å². The van der Waals surface area contributed by atoms with Crippen LogP contribution in [0.4, 0.5) is 0 Å². The first-order valence-electron chi connectivity index (χ1n) is 10.7. The van der Waals surface area contributed by atoms with Gasteiger partial charge in [0.2, 0.25) is 0 Å². The van der Waals surface area contributed by atoms with Crippen LogP contribution >= 0.6 is 0 Å². The molecule has 3 heterocycles. The van der Waals surface area contributed by atoms with Crippen LogP contribution in [0.15, 0.2) is 16.3 Å². The highest BCUT2D eigenvalue weighted by atomic mass is 16.4. The number of carboxylic acids is 1. The molecule has 2 unspecified atom stereocenters. The maximum absolute atomic E-state index is 11.2. The zero-order chi connectivity index (χ0) is 21.2. The van der Waals surface area contributed by atoms with Gasteiger partial charge in [-0.2, -0.15) is 0 Å². The van der Waals surface area contributed by atoms with Gasteiger partial charge in [0.15, 0.2) is 0 Å². The first-order chi connectivity index (χ1) is 12.6. The molecule has 0 bridgehead atoms. The summed E-state index contributed by atoms with van der Waals surface area (Å²) in [5, 5.41) is 9.26. The molecular weight excluding hydrogens is 350 g/mol. The SMILES string of the molecule is CC(C)(C)C1=NC(C(C)(C)C)C(C(C)(C)C)=C2CC(N3CC(C(=O)O)C3)CN12. The Morgan fingerprint density at radius 1 is 0.964 bits per heavy atom. The van der Waals surface area contributed by atoms with Crippen molar-refractivity contribution < 1.29 is 9.90 Å². The number of rotatable bonds is 2. The highest BCUT2D eigenvalue weighted by Crippen LogP contribution is 2.48. The summed E-state index contributed by atoms with van der Waals surface area (Å²) < 4.78 is 0. The number of amidine groups is 1. The Morgan fingerprint density at radius 2 is 1.54 bits per heavy atom. The molecule has 2 saturated heterocycles. The molecule has 158 valence electrons. The van der Waals surface area contributed by atoms with Gasteiger partial charge in [-0.25, -0.2) is 0 Å². The minimum absolute atomic E-state index is 0.0222. The summed E-state index contributed by atoms with van der Waals surface area (Å²) in [7, 11) is 0. The number of nitrogens with zero attached hydrogens (tertiary/aromatic N) is 3. The maximum atomic E-state index is 11.2. The van der Waals surface area contributed by atoms with Crippen molar-refractivity contribution in [2.75, 3.05) is 19.6 Å². The summed E-state index contributed by atoms with van der Waals surface area (Å²) in [6, 6.07) is 0.559. The molecule has 0 aromatic heterocycles. The van der Waals surface area contributed by atoms with Gasteiger partial charge in [0.25, 0.3) is 0 Å². The van der Waals surface area contributed by atoms with Gasteiger partial charge in [-0.1, -0.05) is 62.3 Å². The Balaban J connectivity index is 2.01. The molecule has 0 saturated carbocycles. The van der Waals surface area contributed by atoms with Gasteiger partial charge >= 0.3 is 5.97 Å². The third-order valence-corrected chi connectivity index (χ3v) is 6.31. The topological polar surface area (TPSA) is 56.1 Å². The lowest BCUT2D eigenvalue weighted by Crippen LogP contribution is -2.55. The molecule has 0 amide bonds. The van der Waals surface area contributed by atoms with Crippen molar-refractivity contribution in [3.05, 3.63) is 11.3 Å². The molecule has 0 aromatic carbocycles. The van der Waals surface area contributed by atoms with Crippen LogP contribution in [0, 0.1) is 22.2 Å². The van der Waals surface area contributed by atoms with Crippen molar-refractivity contribution in [2.45, 2.75) is 80.8 Å². The predicted octanol–water partition coefficient (Wildman–Crippen LogP) is 4.25. The number of hydrogen-bond acceptors (Lipinski definition) is 4. The minimum atomic E-state index is -0.661. The van der Waals surface area contributed by atoms with E-state index in [1.807, 2.05) is 0 Å². The number of hydrogen-bond donors (Lipinski definition) is 1. The quantitative estimate of drug-likeness (QED) is 0.767. The van der Waals surface area contributed by atoms with Crippen LogP contribution in [-0.2, 0) is 4.79 Å². The van der Waals surface area contributed by atoms with Gasteiger partial charge in [0.1, 0.15) is 5.84 Å². The first-order valence-corrected chi connectivity index (χ1v) is 10.7. The van der Waals surface area contributed by atoms with Crippen molar-refractivity contribution in [1.29, 1.82) is 0 Å². The van der Waals surface area contributed by atoms with Crippen molar-refractivity contribution in [2.24, 2.45) is 27.2 Å². The van der Waals surface area contributed by atoms with E-state index in [9.17, 15) is 9.90 Å². The van der Waals surface area contributed by atoms with Crippen LogP contribution in [0.5, 0.6) is 0 Å². The molecule has 0 radical (unpaired) electrons. The molecule has 28 heavy (non-hydrogen) atoms. The number of aliphatic carboxylic acids is 1. The normalized spacial score (nSPS) is 27.6. The van der Waals surface area contributed by atoms with Gasteiger partial charge < -0.3 is 10.0 Å². The van der Waals surface area contributed by atoms with E-state index < -0.39 is 5.97 Å². The average Bonchev–Trinajstić information content (AvgIpc) is 2.83. The second-order valence-electron chi connectivity index (χ2n) is 12.0. The summed E-state index contributed by atoms with van der Waals surface area (Å²) >= 11 is 0. The zero-order valence-electron chi connectivity index (χ0n) is 19.3. The molecular formula is C23H39N3O2. The highest BCUT2D eigenvalue weighted by molar-refractivity contribution is 5.90. The molecule has 5 nitrogen and oxygen atoms in total. The lowest BCUT2D eigenvalue weighted by atomic mass is 9.70. The highest BCUT2D eigenvalue weighted by Gasteiger charge is 2.49. The summed E-state index contributed by atoms with van der Waals surface area (Å²) in [5.41, 5.74) is 2.99. The van der Waals surface area contributed by atoms with Crippen LogP contribution in [0.1, 0.15) is 68.7 Å².